The summed E-state index contributed by atoms with van der Waals surface area (Å²) in [6.45, 7) is 5.87. The first-order valence-electron chi connectivity index (χ1n) is 7.33. The van der Waals surface area contributed by atoms with Crippen LogP contribution < -0.4 is 10.1 Å². The molecule has 1 rings (SSSR count). The van der Waals surface area contributed by atoms with Gasteiger partial charge in [-0.2, -0.15) is 0 Å². The van der Waals surface area contributed by atoms with E-state index < -0.39 is 12.1 Å². The molecule has 1 N–H and O–H groups in total. The smallest absolute Gasteiger partial charge is 0.347 e. The molecule has 118 valence electrons. The summed E-state index contributed by atoms with van der Waals surface area (Å²) in [5, 5.41) is 2.98. The summed E-state index contributed by atoms with van der Waals surface area (Å²) in [5.41, 5.74) is 0.563. The van der Waals surface area contributed by atoms with Crippen molar-refractivity contribution in [3.8, 4) is 5.75 Å². The van der Waals surface area contributed by atoms with Gasteiger partial charge in [0.1, 0.15) is 11.6 Å². The number of ether oxygens (including phenoxy) is 2. The third-order valence-electron chi connectivity index (χ3n) is 3.25. The van der Waals surface area contributed by atoms with Crippen LogP contribution in [0.4, 0.5) is 4.39 Å². The van der Waals surface area contributed by atoms with Crippen LogP contribution >= 0.6 is 0 Å². The number of hydrogen-bond donors (Lipinski definition) is 1. The maximum Gasteiger partial charge on any atom is 0.347 e. The zero-order valence-corrected chi connectivity index (χ0v) is 13.1. The van der Waals surface area contributed by atoms with E-state index in [1.165, 1.54) is 6.07 Å². The number of nitrogens with one attached hydrogen (secondary N) is 1. The van der Waals surface area contributed by atoms with Gasteiger partial charge in [0.2, 0.25) is 0 Å². The Labute approximate surface area is 125 Å². The average molecular weight is 297 g/mol. The molecule has 2 atom stereocenters. The molecule has 0 saturated heterocycles. The van der Waals surface area contributed by atoms with Crippen molar-refractivity contribution in [2.24, 2.45) is 0 Å². The molecule has 0 radical (unpaired) electrons. The van der Waals surface area contributed by atoms with Crippen LogP contribution in [-0.4, -0.2) is 25.7 Å². The van der Waals surface area contributed by atoms with Gasteiger partial charge in [0.25, 0.3) is 0 Å². The van der Waals surface area contributed by atoms with Crippen molar-refractivity contribution in [2.75, 3.05) is 13.7 Å². The predicted molar refractivity (Wildman–Crippen MR) is 79.8 cm³/mol. The Bertz CT molecular complexity index is 465. The number of carbonyl (C=O) groups is 1. The fourth-order valence-electron chi connectivity index (χ4n) is 1.97. The summed E-state index contributed by atoms with van der Waals surface area (Å²) in [6, 6.07) is 4.56. The van der Waals surface area contributed by atoms with E-state index in [0.29, 0.717) is 24.3 Å². The molecule has 0 fully saturated rings. The Kier molecular flexibility index (Phi) is 7.15. The molecule has 1 aromatic carbocycles. The van der Waals surface area contributed by atoms with E-state index in [9.17, 15) is 9.18 Å². The molecule has 0 aliphatic carbocycles. The average Bonchev–Trinajstić information content (AvgIpc) is 2.46. The molecule has 0 saturated carbocycles. The Morgan fingerprint density at radius 3 is 2.62 bits per heavy atom. The zero-order valence-electron chi connectivity index (χ0n) is 13.1. The fraction of sp³-hybridized carbons (Fsp3) is 0.562. The second kappa shape index (κ2) is 8.62. The summed E-state index contributed by atoms with van der Waals surface area (Å²) in [6.07, 6.45) is 0.623. The van der Waals surface area contributed by atoms with Crippen LogP contribution in [-0.2, 0) is 9.53 Å². The van der Waals surface area contributed by atoms with E-state index in [-0.39, 0.29) is 11.9 Å². The molecule has 0 aromatic heterocycles. The molecule has 21 heavy (non-hydrogen) atoms. The van der Waals surface area contributed by atoms with E-state index in [1.54, 1.807) is 26.1 Å². The number of esters is 1. The largest absolute Gasteiger partial charge is 0.479 e. The predicted octanol–water partition coefficient (Wildman–Crippen LogP) is 3.22. The highest BCUT2D eigenvalue weighted by molar-refractivity contribution is 5.75. The van der Waals surface area contributed by atoms with Crippen LogP contribution in [0.2, 0.25) is 0 Å². The number of halogens is 1. The van der Waals surface area contributed by atoms with E-state index in [4.69, 9.17) is 9.47 Å². The number of benzene rings is 1. The monoisotopic (exact) mass is 297 g/mol. The Hall–Kier alpha value is -1.62. The minimum Gasteiger partial charge on any atom is -0.479 e. The second-order valence-corrected chi connectivity index (χ2v) is 4.84. The van der Waals surface area contributed by atoms with Crippen molar-refractivity contribution in [1.29, 1.82) is 0 Å². The van der Waals surface area contributed by atoms with Crippen LogP contribution in [0.1, 0.15) is 45.2 Å². The van der Waals surface area contributed by atoms with Gasteiger partial charge in [-0.15, -0.1) is 0 Å². The van der Waals surface area contributed by atoms with E-state index in [0.717, 1.165) is 6.42 Å². The Morgan fingerprint density at radius 2 is 2.10 bits per heavy atom. The number of carbonyl (C=O) groups excluding carboxylic acids is 1. The Morgan fingerprint density at radius 1 is 1.38 bits per heavy atom. The van der Waals surface area contributed by atoms with Gasteiger partial charge in [0.05, 0.1) is 6.61 Å². The first-order valence-corrected chi connectivity index (χ1v) is 7.33. The van der Waals surface area contributed by atoms with Crippen molar-refractivity contribution in [3.05, 3.63) is 29.6 Å². The van der Waals surface area contributed by atoms with E-state index in [1.807, 2.05) is 13.8 Å². The van der Waals surface area contributed by atoms with E-state index in [2.05, 4.69) is 5.32 Å². The van der Waals surface area contributed by atoms with Gasteiger partial charge >= 0.3 is 5.97 Å². The molecule has 1 aromatic rings. The SMILES string of the molecule is CCCC(Oc1ccc(C(C)NC)c(F)c1)C(=O)OCC. The van der Waals surface area contributed by atoms with Crippen LogP contribution in [0.5, 0.6) is 5.75 Å². The lowest BCUT2D eigenvalue weighted by Gasteiger charge is -2.18. The molecule has 4 nitrogen and oxygen atoms in total. The van der Waals surface area contributed by atoms with Crippen molar-refractivity contribution in [1.82, 2.24) is 5.32 Å². The second-order valence-electron chi connectivity index (χ2n) is 4.84. The number of rotatable bonds is 8. The molecule has 0 heterocycles. The first-order chi connectivity index (χ1) is 10.0. The lowest BCUT2D eigenvalue weighted by Crippen LogP contribution is -2.29. The number of hydrogen-bond acceptors (Lipinski definition) is 4. The van der Waals surface area contributed by atoms with E-state index >= 15 is 0 Å². The lowest BCUT2D eigenvalue weighted by atomic mass is 10.1. The van der Waals surface area contributed by atoms with Crippen LogP contribution in [0, 0.1) is 5.82 Å². The molecule has 0 bridgehead atoms. The summed E-state index contributed by atoms with van der Waals surface area (Å²) < 4.78 is 24.6. The van der Waals surface area contributed by atoms with Crippen molar-refractivity contribution in [2.45, 2.75) is 45.8 Å². The summed E-state index contributed by atoms with van der Waals surface area (Å²) in [4.78, 5) is 11.8. The topological polar surface area (TPSA) is 47.6 Å². The summed E-state index contributed by atoms with van der Waals surface area (Å²) >= 11 is 0. The highest BCUT2D eigenvalue weighted by atomic mass is 19.1. The normalized spacial score (nSPS) is 13.6. The lowest BCUT2D eigenvalue weighted by molar-refractivity contribution is -0.151. The fourth-order valence-corrected chi connectivity index (χ4v) is 1.97. The molecule has 0 spiro atoms. The van der Waals surface area contributed by atoms with Gasteiger partial charge in [-0.1, -0.05) is 19.4 Å². The maximum absolute atomic E-state index is 14.0. The van der Waals surface area contributed by atoms with Gasteiger partial charge < -0.3 is 14.8 Å². The zero-order chi connectivity index (χ0) is 15.8. The van der Waals surface area contributed by atoms with Gasteiger partial charge in [0, 0.05) is 17.7 Å². The molecular formula is C16H24FNO3. The molecule has 0 aliphatic rings. The highest BCUT2D eigenvalue weighted by Gasteiger charge is 2.21. The van der Waals surface area contributed by atoms with Gasteiger partial charge in [-0.05, 0) is 33.4 Å². The standard InChI is InChI=1S/C16H24FNO3/c1-5-7-15(16(19)20-6-2)21-12-8-9-13(11(3)18-4)14(17)10-12/h8-11,15,18H,5-7H2,1-4H3. The van der Waals surface area contributed by atoms with Crippen molar-refractivity contribution in [3.63, 3.8) is 0 Å². The minimum absolute atomic E-state index is 0.0875. The van der Waals surface area contributed by atoms with Crippen LogP contribution in [0.3, 0.4) is 0 Å². The minimum atomic E-state index is -0.693. The molecule has 0 amide bonds. The van der Waals surface area contributed by atoms with Crippen LogP contribution in [0.15, 0.2) is 18.2 Å². The first kappa shape index (κ1) is 17.4. The highest BCUT2D eigenvalue weighted by Crippen LogP contribution is 2.23. The van der Waals surface area contributed by atoms with Gasteiger partial charge in [0.15, 0.2) is 6.10 Å². The molecule has 2 unspecified atom stereocenters. The quantitative estimate of drug-likeness (QED) is 0.748. The Balaban J connectivity index is 2.84. The molecular weight excluding hydrogens is 273 g/mol. The van der Waals surface area contributed by atoms with Crippen LogP contribution in [0.25, 0.3) is 0 Å². The summed E-state index contributed by atoms with van der Waals surface area (Å²) in [7, 11) is 1.77. The van der Waals surface area contributed by atoms with Gasteiger partial charge in [-0.3, -0.25) is 0 Å². The van der Waals surface area contributed by atoms with Gasteiger partial charge in [-0.25, -0.2) is 9.18 Å². The molecule has 5 heteroatoms. The molecule has 0 aliphatic heterocycles. The third-order valence-corrected chi connectivity index (χ3v) is 3.25. The third kappa shape index (κ3) is 5.01. The van der Waals surface area contributed by atoms with Crippen molar-refractivity contribution < 1.29 is 18.7 Å². The van der Waals surface area contributed by atoms with Crippen molar-refractivity contribution >= 4 is 5.97 Å². The maximum atomic E-state index is 14.0. The summed E-state index contributed by atoms with van der Waals surface area (Å²) in [5.74, 6) is -0.424.